The number of hydrogen-bond donors (Lipinski definition) is 2. The number of benzene rings is 2. The number of nitro groups is 1. The van der Waals surface area contributed by atoms with Crippen molar-refractivity contribution < 1.29 is 9.72 Å². The highest BCUT2D eigenvalue weighted by molar-refractivity contribution is 6.09. The number of rotatable bonds is 5. The van der Waals surface area contributed by atoms with Crippen LogP contribution >= 0.6 is 0 Å². The molecule has 0 atom stereocenters. The Balaban J connectivity index is 1.70. The molecular weight excluding hydrogens is 334 g/mol. The highest BCUT2D eigenvalue weighted by Crippen LogP contribution is 2.12. The Bertz CT molecular complexity index is 875. The number of carbonyl (C=O) groups excluding carboxylic acids is 1. The van der Waals surface area contributed by atoms with Crippen LogP contribution in [0.3, 0.4) is 0 Å². The minimum Gasteiger partial charge on any atom is -0.370 e. The van der Waals surface area contributed by atoms with Crippen LogP contribution < -0.4 is 10.7 Å². The van der Waals surface area contributed by atoms with Crippen LogP contribution in [0.15, 0.2) is 58.6 Å². The van der Waals surface area contributed by atoms with Crippen molar-refractivity contribution >= 4 is 23.6 Å². The van der Waals surface area contributed by atoms with E-state index in [1.165, 1.54) is 18.3 Å². The second-order valence-corrected chi connectivity index (χ2v) is 5.60. The minimum atomic E-state index is -0.471. The lowest BCUT2D eigenvalue weighted by molar-refractivity contribution is -0.384. The van der Waals surface area contributed by atoms with E-state index in [1.807, 2.05) is 12.1 Å². The average Bonchev–Trinajstić information content (AvgIpc) is 2.69. The van der Waals surface area contributed by atoms with Crippen LogP contribution in [0, 0.1) is 10.1 Å². The number of non-ortho nitro benzene ring substituents is 1. The molecule has 0 unspecified atom stereocenters. The molecule has 3 rings (SSSR count). The van der Waals surface area contributed by atoms with E-state index in [9.17, 15) is 14.9 Å². The van der Waals surface area contributed by atoms with Crippen molar-refractivity contribution in [3.8, 4) is 0 Å². The Morgan fingerprint density at radius 1 is 1.23 bits per heavy atom. The summed E-state index contributed by atoms with van der Waals surface area (Å²) >= 11 is 0. The molecule has 1 heterocycles. The van der Waals surface area contributed by atoms with Crippen LogP contribution in [-0.4, -0.2) is 36.0 Å². The normalized spacial score (nSPS) is 13.8. The monoisotopic (exact) mass is 351 g/mol. The van der Waals surface area contributed by atoms with Crippen molar-refractivity contribution in [2.75, 3.05) is 13.1 Å². The van der Waals surface area contributed by atoms with Crippen molar-refractivity contribution in [2.24, 2.45) is 10.1 Å². The van der Waals surface area contributed by atoms with E-state index in [0.29, 0.717) is 17.0 Å². The van der Waals surface area contributed by atoms with E-state index in [2.05, 4.69) is 20.8 Å². The zero-order chi connectivity index (χ0) is 18.4. The maximum Gasteiger partial charge on any atom is 0.272 e. The summed E-state index contributed by atoms with van der Waals surface area (Å²) in [6.07, 6.45) is 2.40. The molecule has 0 saturated carbocycles. The fraction of sp³-hybridized carbons (Fsp3) is 0.167. The van der Waals surface area contributed by atoms with Crippen LogP contribution in [0.2, 0.25) is 0 Å². The molecule has 26 heavy (non-hydrogen) atoms. The first-order valence-corrected chi connectivity index (χ1v) is 8.11. The average molecular weight is 351 g/mol. The third kappa shape index (κ3) is 4.10. The number of aliphatic imine (C=N–C) groups is 1. The third-order valence-electron chi connectivity index (χ3n) is 3.81. The summed E-state index contributed by atoms with van der Waals surface area (Å²) in [6, 6.07) is 13.1. The smallest absolute Gasteiger partial charge is 0.272 e. The van der Waals surface area contributed by atoms with E-state index in [4.69, 9.17) is 0 Å². The van der Waals surface area contributed by atoms with Gasteiger partial charge < -0.3 is 5.32 Å². The van der Waals surface area contributed by atoms with Crippen molar-refractivity contribution in [1.82, 2.24) is 10.7 Å². The van der Waals surface area contributed by atoms with Crippen LogP contribution in [0.5, 0.6) is 0 Å². The molecule has 0 aromatic heterocycles. The third-order valence-corrected chi connectivity index (χ3v) is 3.81. The first-order chi connectivity index (χ1) is 12.6. The number of nitro benzene ring substituents is 1. The van der Waals surface area contributed by atoms with Gasteiger partial charge in [0.1, 0.15) is 5.84 Å². The first kappa shape index (κ1) is 17.3. The molecular formula is C18H17N5O3. The Morgan fingerprint density at radius 3 is 2.69 bits per heavy atom. The van der Waals surface area contributed by atoms with Gasteiger partial charge in [0.15, 0.2) is 0 Å². The lowest BCUT2D eigenvalue weighted by atomic mass is 10.1. The number of hydrazone groups is 1. The second-order valence-electron chi connectivity index (χ2n) is 5.60. The highest BCUT2D eigenvalue weighted by atomic mass is 16.6. The standard InChI is InChI=1S/C18H17N5O3/c24-18(22-21-12-13-6-8-14(9-7-13)23(25)26)16-5-2-1-4-15(16)17-19-10-3-11-20-17/h1-2,4-9,12H,3,10-11H2,(H,19,20)(H,22,24). The molecule has 0 fully saturated rings. The Morgan fingerprint density at radius 2 is 2.00 bits per heavy atom. The molecule has 2 aromatic carbocycles. The molecule has 8 nitrogen and oxygen atoms in total. The van der Waals surface area contributed by atoms with E-state index in [0.717, 1.165) is 25.1 Å². The first-order valence-electron chi connectivity index (χ1n) is 8.11. The lowest BCUT2D eigenvalue weighted by Gasteiger charge is -2.16. The number of hydrogen-bond acceptors (Lipinski definition) is 6. The van der Waals surface area contributed by atoms with Gasteiger partial charge >= 0.3 is 0 Å². The van der Waals surface area contributed by atoms with Gasteiger partial charge in [0.25, 0.3) is 11.6 Å². The summed E-state index contributed by atoms with van der Waals surface area (Å²) in [5.41, 5.74) is 4.33. The van der Waals surface area contributed by atoms with Crippen molar-refractivity contribution in [1.29, 1.82) is 0 Å². The summed E-state index contributed by atoms with van der Waals surface area (Å²) in [4.78, 5) is 27.0. The van der Waals surface area contributed by atoms with Gasteiger partial charge in [0.2, 0.25) is 0 Å². The highest BCUT2D eigenvalue weighted by Gasteiger charge is 2.16. The van der Waals surface area contributed by atoms with E-state index in [1.54, 1.807) is 24.3 Å². The number of carbonyl (C=O) groups is 1. The SMILES string of the molecule is O=C(NN=Cc1ccc([N+](=O)[O-])cc1)c1ccccc1C1=NCCCN1. The molecule has 0 radical (unpaired) electrons. The van der Waals surface area contributed by atoms with Crippen molar-refractivity contribution in [3.63, 3.8) is 0 Å². The van der Waals surface area contributed by atoms with Crippen molar-refractivity contribution in [2.45, 2.75) is 6.42 Å². The molecule has 0 spiro atoms. The molecule has 1 amide bonds. The van der Waals surface area contributed by atoms with Gasteiger partial charge in [-0.25, -0.2) is 5.43 Å². The lowest BCUT2D eigenvalue weighted by Crippen LogP contribution is -2.32. The summed E-state index contributed by atoms with van der Waals surface area (Å²) in [6.45, 7) is 1.56. The van der Waals surface area contributed by atoms with Crippen LogP contribution in [0.25, 0.3) is 0 Å². The van der Waals surface area contributed by atoms with Crippen molar-refractivity contribution in [3.05, 3.63) is 75.3 Å². The zero-order valence-electron chi connectivity index (χ0n) is 13.9. The fourth-order valence-electron chi connectivity index (χ4n) is 2.51. The quantitative estimate of drug-likeness (QED) is 0.488. The van der Waals surface area contributed by atoms with Crippen LogP contribution in [0.4, 0.5) is 5.69 Å². The topological polar surface area (TPSA) is 109 Å². The Kier molecular flexibility index (Phi) is 5.33. The molecule has 2 aromatic rings. The molecule has 2 N–H and O–H groups in total. The maximum atomic E-state index is 12.4. The summed E-state index contributed by atoms with van der Waals surface area (Å²) < 4.78 is 0. The van der Waals surface area contributed by atoms with Gasteiger partial charge in [-0.2, -0.15) is 5.10 Å². The maximum absolute atomic E-state index is 12.4. The molecule has 0 bridgehead atoms. The molecule has 1 aliphatic heterocycles. The predicted molar refractivity (Wildman–Crippen MR) is 98.6 cm³/mol. The molecule has 0 saturated heterocycles. The van der Waals surface area contributed by atoms with Gasteiger partial charge in [0, 0.05) is 30.8 Å². The van der Waals surface area contributed by atoms with Crippen LogP contribution in [-0.2, 0) is 0 Å². The van der Waals surface area contributed by atoms with Gasteiger partial charge in [-0.15, -0.1) is 0 Å². The largest absolute Gasteiger partial charge is 0.370 e. The minimum absolute atomic E-state index is 0.000805. The van der Waals surface area contributed by atoms with Crippen LogP contribution in [0.1, 0.15) is 27.9 Å². The fourth-order valence-corrected chi connectivity index (χ4v) is 2.51. The van der Waals surface area contributed by atoms with E-state index < -0.39 is 4.92 Å². The van der Waals surface area contributed by atoms with E-state index >= 15 is 0 Å². The number of amidine groups is 1. The Labute approximate surface area is 149 Å². The molecule has 132 valence electrons. The summed E-state index contributed by atoms with van der Waals surface area (Å²) in [5, 5.41) is 17.8. The van der Waals surface area contributed by atoms with Gasteiger partial charge in [-0.05, 0) is 30.2 Å². The zero-order valence-corrected chi connectivity index (χ0v) is 13.9. The number of nitrogens with one attached hydrogen (secondary N) is 2. The molecule has 0 aliphatic carbocycles. The summed E-state index contributed by atoms with van der Waals surface area (Å²) in [5.74, 6) is 0.357. The molecule has 1 aliphatic rings. The number of amides is 1. The van der Waals surface area contributed by atoms with Gasteiger partial charge in [-0.3, -0.25) is 19.9 Å². The van der Waals surface area contributed by atoms with Gasteiger partial charge in [-0.1, -0.05) is 18.2 Å². The Hall–Kier alpha value is -3.55. The summed E-state index contributed by atoms with van der Waals surface area (Å²) in [7, 11) is 0. The van der Waals surface area contributed by atoms with Gasteiger partial charge in [0.05, 0.1) is 16.7 Å². The molecule has 8 heteroatoms. The second kappa shape index (κ2) is 8.02. The van der Waals surface area contributed by atoms with E-state index in [-0.39, 0.29) is 11.6 Å². The predicted octanol–water partition coefficient (Wildman–Crippen LogP) is 2.10. The number of nitrogens with zero attached hydrogens (tertiary/aromatic N) is 3.